The van der Waals surface area contributed by atoms with Crippen LogP contribution in [0.15, 0.2) is 69.9 Å². The monoisotopic (exact) mass is 362 g/mol. The quantitative estimate of drug-likeness (QED) is 0.711. The van der Waals surface area contributed by atoms with Crippen molar-refractivity contribution in [1.82, 2.24) is 10.2 Å². The number of carbonyl (C=O) groups excluding carboxylic acids is 2. The van der Waals surface area contributed by atoms with Gasteiger partial charge in [-0.2, -0.15) is 0 Å². The molecule has 1 aliphatic rings. The molecule has 1 aromatic heterocycles. The zero-order valence-electron chi connectivity index (χ0n) is 14.6. The van der Waals surface area contributed by atoms with Crippen LogP contribution in [0, 0.1) is 0 Å². The van der Waals surface area contributed by atoms with Gasteiger partial charge in [-0.25, -0.2) is 4.79 Å². The third-order valence-corrected chi connectivity index (χ3v) is 4.75. The molecule has 0 aliphatic carbocycles. The minimum atomic E-state index is -0.672. The number of hydrogen-bond acceptors (Lipinski definition) is 4. The summed E-state index contributed by atoms with van der Waals surface area (Å²) in [6.07, 6.45) is 0.147. The lowest BCUT2D eigenvalue weighted by Gasteiger charge is -2.29. The molecule has 1 N–H and O–H groups in total. The lowest BCUT2D eigenvalue weighted by molar-refractivity contribution is -0.121. The maximum absolute atomic E-state index is 13.2. The molecule has 6 nitrogen and oxygen atoms in total. The Morgan fingerprint density at radius 1 is 1.04 bits per heavy atom. The molecule has 0 unspecified atom stereocenters. The molecule has 1 aliphatic heterocycles. The number of hydrogen-bond donors (Lipinski definition) is 1. The van der Waals surface area contributed by atoms with Crippen molar-refractivity contribution in [3.63, 3.8) is 0 Å². The van der Waals surface area contributed by atoms with Crippen molar-refractivity contribution in [3.8, 4) is 0 Å². The Hall–Kier alpha value is -3.41. The van der Waals surface area contributed by atoms with Gasteiger partial charge in [-0.1, -0.05) is 48.5 Å². The van der Waals surface area contributed by atoms with Crippen LogP contribution >= 0.6 is 0 Å². The van der Waals surface area contributed by atoms with E-state index in [1.165, 1.54) is 0 Å². The largest absolute Gasteiger partial charge is 0.422 e. The van der Waals surface area contributed by atoms with Crippen molar-refractivity contribution in [1.29, 1.82) is 0 Å². The lowest BCUT2D eigenvalue weighted by atomic mass is 10.0. The van der Waals surface area contributed by atoms with Crippen LogP contribution in [0.3, 0.4) is 0 Å². The van der Waals surface area contributed by atoms with E-state index in [4.69, 9.17) is 4.42 Å². The first-order valence-electron chi connectivity index (χ1n) is 8.79. The van der Waals surface area contributed by atoms with E-state index in [0.717, 1.165) is 5.56 Å². The Morgan fingerprint density at radius 2 is 1.78 bits per heavy atom. The zero-order chi connectivity index (χ0) is 18.8. The van der Waals surface area contributed by atoms with Gasteiger partial charge >= 0.3 is 5.63 Å². The van der Waals surface area contributed by atoms with E-state index in [1.807, 2.05) is 36.4 Å². The van der Waals surface area contributed by atoms with Gasteiger partial charge in [0.05, 0.1) is 12.5 Å². The van der Waals surface area contributed by atoms with Crippen LogP contribution in [0.1, 0.15) is 28.4 Å². The number of carbonyl (C=O) groups is 2. The van der Waals surface area contributed by atoms with Gasteiger partial charge in [0.2, 0.25) is 5.91 Å². The fourth-order valence-electron chi connectivity index (χ4n) is 3.41. The molecule has 1 fully saturated rings. The highest BCUT2D eigenvalue weighted by molar-refractivity contribution is 5.97. The van der Waals surface area contributed by atoms with Crippen molar-refractivity contribution in [2.75, 3.05) is 13.1 Å². The summed E-state index contributed by atoms with van der Waals surface area (Å²) >= 11 is 0. The third kappa shape index (κ3) is 3.33. The van der Waals surface area contributed by atoms with Crippen molar-refractivity contribution >= 4 is 22.8 Å². The summed E-state index contributed by atoms with van der Waals surface area (Å²) in [7, 11) is 0. The smallest absolute Gasteiger partial charge is 0.349 e. The normalized spacial score (nSPS) is 17.4. The van der Waals surface area contributed by atoms with Crippen molar-refractivity contribution in [2.24, 2.45) is 0 Å². The molecule has 0 spiro atoms. The molecule has 1 atom stereocenters. The SMILES string of the molecule is O=C1C[C@H](c2ccccc2)N(C(=O)c2cc3ccccc3oc2=O)CCN1. The molecule has 2 heterocycles. The molecule has 0 saturated carbocycles. The summed E-state index contributed by atoms with van der Waals surface area (Å²) in [5, 5.41) is 3.47. The molecule has 3 aromatic rings. The number of benzene rings is 2. The number of rotatable bonds is 2. The second kappa shape index (κ2) is 7.07. The van der Waals surface area contributed by atoms with Gasteiger partial charge in [-0.05, 0) is 17.7 Å². The fourth-order valence-corrected chi connectivity index (χ4v) is 3.41. The Labute approximate surface area is 155 Å². The van der Waals surface area contributed by atoms with Gasteiger partial charge in [-0.15, -0.1) is 0 Å². The number of nitrogens with zero attached hydrogens (tertiary/aromatic N) is 1. The number of nitrogens with one attached hydrogen (secondary N) is 1. The van der Waals surface area contributed by atoms with Gasteiger partial charge in [0.15, 0.2) is 0 Å². The Kier molecular flexibility index (Phi) is 4.46. The minimum absolute atomic E-state index is 0.0241. The number of amides is 2. The molecular weight excluding hydrogens is 344 g/mol. The van der Waals surface area contributed by atoms with Gasteiger partial charge < -0.3 is 14.6 Å². The summed E-state index contributed by atoms with van der Waals surface area (Å²) in [6, 6.07) is 17.6. The molecule has 0 bridgehead atoms. The highest BCUT2D eigenvalue weighted by atomic mass is 16.4. The molecule has 2 amide bonds. The molecule has 0 radical (unpaired) electrons. The van der Waals surface area contributed by atoms with Crippen molar-refractivity contribution < 1.29 is 14.0 Å². The van der Waals surface area contributed by atoms with Crippen LogP contribution in [-0.2, 0) is 4.79 Å². The van der Waals surface area contributed by atoms with Gasteiger partial charge in [0, 0.05) is 18.5 Å². The van der Waals surface area contributed by atoms with Gasteiger partial charge in [-0.3, -0.25) is 9.59 Å². The van der Waals surface area contributed by atoms with Crippen LogP contribution in [-0.4, -0.2) is 29.8 Å². The van der Waals surface area contributed by atoms with Crippen molar-refractivity contribution in [3.05, 3.63) is 82.2 Å². The molecule has 2 aromatic carbocycles. The molecule has 136 valence electrons. The van der Waals surface area contributed by atoms with Crippen LogP contribution in [0.5, 0.6) is 0 Å². The predicted molar refractivity (Wildman–Crippen MR) is 100 cm³/mol. The summed E-state index contributed by atoms with van der Waals surface area (Å²) in [4.78, 5) is 39.3. The van der Waals surface area contributed by atoms with E-state index in [-0.39, 0.29) is 17.9 Å². The van der Waals surface area contributed by atoms with E-state index in [9.17, 15) is 14.4 Å². The Balaban J connectivity index is 1.77. The topological polar surface area (TPSA) is 79.6 Å². The summed E-state index contributed by atoms with van der Waals surface area (Å²) < 4.78 is 5.31. The van der Waals surface area contributed by atoms with E-state index >= 15 is 0 Å². The fraction of sp³-hybridized carbons (Fsp3) is 0.190. The summed E-state index contributed by atoms with van der Waals surface area (Å²) in [5.74, 6) is -0.551. The van der Waals surface area contributed by atoms with Crippen LogP contribution in [0.25, 0.3) is 11.0 Å². The second-order valence-corrected chi connectivity index (χ2v) is 6.46. The number of para-hydroxylation sites is 1. The molecule has 27 heavy (non-hydrogen) atoms. The van der Waals surface area contributed by atoms with E-state index in [0.29, 0.717) is 24.1 Å². The molecule has 6 heteroatoms. The maximum atomic E-state index is 13.2. The summed E-state index contributed by atoms with van der Waals surface area (Å²) in [5.41, 5.74) is 0.595. The lowest BCUT2D eigenvalue weighted by Crippen LogP contribution is -2.38. The van der Waals surface area contributed by atoms with Crippen molar-refractivity contribution in [2.45, 2.75) is 12.5 Å². The standard InChI is InChI=1S/C21H18N2O4/c24-19-13-17(14-6-2-1-3-7-14)23(11-10-22-19)20(25)16-12-15-8-4-5-9-18(15)27-21(16)26/h1-9,12,17H,10-11,13H2,(H,22,24)/t17-/m1/s1. The molecule has 1 saturated heterocycles. The van der Waals surface area contributed by atoms with Crippen LogP contribution in [0.2, 0.25) is 0 Å². The average Bonchev–Trinajstić information content (AvgIpc) is 2.89. The van der Waals surface area contributed by atoms with E-state index < -0.39 is 17.6 Å². The first-order valence-corrected chi connectivity index (χ1v) is 8.79. The number of fused-ring (bicyclic) bond motifs is 1. The van der Waals surface area contributed by atoms with Gasteiger partial charge in [0.1, 0.15) is 11.1 Å². The Morgan fingerprint density at radius 3 is 2.59 bits per heavy atom. The highest BCUT2D eigenvalue weighted by Crippen LogP contribution is 2.27. The summed E-state index contributed by atoms with van der Waals surface area (Å²) in [6.45, 7) is 0.656. The minimum Gasteiger partial charge on any atom is -0.422 e. The Bertz CT molecular complexity index is 1060. The molecular formula is C21H18N2O4. The predicted octanol–water partition coefficient (Wildman–Crippen LogP) is 2.50. The maximum Gasteiger partial charge on any atom is 0.349 e. The second-order valence-electron chi connectivity index (χ2n) is 6.46. The highest BCUT2D eigenvalue weighted by Gasteiger charge is 2.31. The van der Waals surface area contributed by atoms with Gasteiger partial charge in [0.25, 0.3) is 5.91 Å². The average molecular weight is 362 g/mol. The molecule has 4 rings (SSSR count). The zero-order valence-corrected chi connectivity index (χ0v) is 14.6. The van der Waals surface area contributed by atoms with E-state index in [1.54, 1.807) is 29.2 Å². The first kappa shape index (κ1) is 17.0. The first-order chi connectivity index (χ1) is 13.1. The van der Waals surface area contributed by atoms with E-state index in [2.05, 4.69) is 5.32 Å². The van der Waals surface area contributed by atoms with Crippen LogP contribution < -0.4 is 10.9 Å². The third-order valence-electron chi connectivity index (χ3n) is 4.75. The van der Waals surface area contributed by atoms with Crippen LogP contribution in [0.4, 0.5) is 0 Å².